The van der Waals surface area contributed by atoms with Gasteiger partial charge < -0.3 is 15.4 Å². The normalized spacial score (nSPS) is 10.5. The molecule has 2 aromatic carbocycles. The molecule has 0 spiro atoms. The maximum Gasteiger partial charge on any atom is 0.267 e. The zero-order valence-electron chi connectivity index (χ0n) is 12.0. The third-order valence-electron chi connectivity index (χ3n) is 2.85. The molecule has 0 aliphatic rings. The van der Waals surface area contributed by atoms with E-state index in [9.17, 15) is 4.79 Å². The molecular formula is C17H15N3O2. The van der Waals surface area contributed by atoms with Crippen LogP contribution in [0.2, 0.25) is 0 Å². The number of nitriles is 1. The van der Waals surface area contributed by atoms with Gasteiger partial charge in [-0.3, -0.25) is 4.79 Å². The number of para-hydroxylation sites is 1. The molecular weight excluding hydrogens is 278 g/mol. The standard InChI is InChI=1S/C17H15N3O2/c1-22-16-9-5-8-15(10-16)19-12-13(11-18)17(21)20-14-6-3-2-4-7-14/h2-10,12,19H,1H3,(H,20,21)/b13-12+. The number of anilines is 2. The summed E-state index contributed by atoms with van der Waals surface area (Å²) in [5.41, 5.74) is 1.33. The largest absolute Gasteiger partial charge is 0.497 e. The highest BCUT2D eigenvalue weighted by Gasteiger charge is 2.08. The lowest BCUT2D eigenvalue weighted by Crippen LogP contribution is -2.14. The van der Waals surface area contributed by atoms with Gasteiger partial charge in [0.15, 0.2) is 0 Å². The van der Waals surface area contributed by atoms with Crippen LogP contribution in [-0.2, 0) is 4.79 Å². The first-order chi connectivity index (χ1) is 10.7. The van der Waals surface area contributed by atoms with Crippen LogP contribution >= 0.6 is 0 Å². The molecule has 0 aliphatic carbocycles. The Bertz CT molecular complexity index is 718. The molecule has 0 radical (unpaired) electrons. The van der Waals surface area contributed by atoms with Gasteiger partial charge in [-0.05, 0) is 24.3 Å². The van der Waals surface area contributed by atoms with Gasteiger partial charge >= 0.3 is 0 Å². The highest BCUT2D eigenvalue weighted by atomic mass is 16.5. The van der Waals surface area contributed by atoms with Crippen molar-refractivity contribution in [2.24, 2.45) is 0 Å². The first-order valence-electron chi connectivity index (χ1n) is 6.60. The van der Waals surface area contributed by atoms with Gasteiger partial charge in [-0.2, -0.15) is 5.26 Å². The van der Waals surface area contributed by atoms with Crippen molar-refractivity contribution in [3.05, 3.63) is 66.4 Å². The van der Waals surface area contributed by atoms with Crippen molar-refractivity contribution in [1.29, 1.82) is 5.26 Å². The molecule has 0 atom stereocenters. The maximum absolute atomic E-state index is 12.0. The molecule has 1 amide bonds. The van der Waals surface area contributed by atoms with E-state index in [1.807, 2.05) is 30.3 Å². The zero-order valence-corrected chi connectivity index (χ0v) is 12.0. The topological polar surface area (TPSA) is 74.1 Å². The summed E-state index contributed by atoms with van der Waals surface area (Å²) in [7, 11) is 1.57. The number of hydrogen-bond donors (Lipinski definition) is 2. The second kappa shape index (κ2) is 7.50. The number of methoxy groups -OCH3 is 1. The fourth-order valence-corrected chi connectivity index (χ4v) is 1.74. The summed E-state index contributed by atoms with van der Waals surface area (Å²) in [4.78, 5) is 12.0. The predicted molar refractivity (Wildman–Crippen MR) is 85.4 cm³/mol. The lowest BCUT2D eigenvalue weighted by atomic mass is 10.2. The van der Waals surface area contributed by atoms with Crippen molar-refractivity contribution in [2.45, 2.75) is 0 Å². The van der Waals surface area contributed by atoms with Crippen LogP contribution in [0.15, 0.2) is 66.4 Å². The van der Waals surface area contributed by atoms with E-state index in [0.29, 0.717) is 11.4 Å². The van der Waals surface area contributed by atoms with E-state index in [0.717, 1.165) is 5.69 Å². The van der Waals surface area contributed by atoms with Gasteiger partial charge in [0.2, 0.25) is 0 Å². The Morgan fingerprint density at radius 3 is 2.55 bits per heavy atom. The van der Waals surface area contributed by atoms with E-state index >= 15 is 0 Å². The monoisotopic (exact) mass is 293 g/mol. The molecule has 0 aromatic heterocycles. The highest BCUT2D eigenvalue weighted by Crippen LogP contribution is 2.17. The summed E-state index contributed by atoms with van der Waals surface area (Å²) < 4.78 is 5.11. The molecule has 5 heteroatoms. The smallest absolute Gasteiger partial charge is 0.267 e. The van der Waals surface area contributed by atoms with Crippen molar-refractivity contribution in [3.8, 4) is 11.8 Å². The summed E-state index contributed by atoms with van der Waals surface area (Å²) in [6.07, 6.45) is 1.37. The lowest BCUT2D eigenvalue weighted by Gasteiger charge is -2.06. The number of carbonyl (C=O) groups is 1. The molecule has 2 N–H and O–H groups in total. The number of benzene rings is 2. The van der Waals surface area contributed by atoms with Gasteiger partial charge in [0, 0.05) is 23.6 Å². The minimum atomic E-state index is -0.468. The molecule has 0 saturated carbocycles. The van der Waals surface area contributed by atoms with E-state index in [4.69, 9.17) is 10.00 Å². The molecule has 110 valence electrons. The maximum atomic E-state index is 12.0. The number of rotatable bonds is 5. The van der Waals surface area contributed by atoms with Crippen LogP contribution in [0.3, 0.4) is 0 Å². The van der Waals surface area contributed by atoms with E-state index in [2.05, 4.69) is 10.6 Å². The van der Waals surface area contributed by atoms with Crippen LogP contribution < -0.4 is 15.4 Å². The molecule has 5 nitrogen and oxygen atoms in total. The molecule has 0 aliphatic heterocycles. The van der Waals surface area contributed by atoms with Gasteiger partial charge in [0.1, 0.15) is 17.4 Å². The summed E-state index contributed by atoms with van der Waals surface area (Å²) in [5, 5.41) is 14.7. The van der Waals surface area contributed by atoms with Crippen molar-refractivity contribution in [1.82, 2.24) is 0 Å². The Balaban J connectivity index is 2.07. The number of hydrogen-bond acceptors (Lipinski definition) is 4. The number of nitrogens with one attached hydrogen (secondary N) is 2. The van der Waals surface area contributed by atoms with Gasteiger partial charge in [-0.15, -0.1) is 0 Å². The second-order valence-electron chi connectivity index (χ2n) is 4.37. The molecule has 2 aromatic rings. The van der Waals surface area contributed by atoms with Gasteiger partial charge in [0.25, 0.3) is 5.91 Å². The Hall–Kier alpha value is -3.26. The van der Waals surface area contributed by atoms with Crippen LogP contribution in [-0.4, -0.2) is 13.0 Å². The van der Waals surface area contributed by atoms with E-state index in [1.165, 1.54) is 6.20 Å². The molecule has 0 fully saturated rings. The van der Waals surface area contributed by atoms with Crippen molar-refractivity contribution in [3.63, 3.8) is 0 Å². The summed E-state index contributed by atoms with van der Waals surface area (Å²) in [5.74, 6) is 0.217. The fourth-order valence-electron chi connectivity index (χ4n) is 1.74. The molecule has 22 heavy (non-hydrogen) atoms. The number of nitrogens with zero attached hydrogens (tertiary/aromatic N) is 1. The number of amides is 1. The van der Waals surface area contributed by atoms with Crippen molar-refractivity contribution >= 4 is 17.3 Å². The quantitative estimate of drug-likeness (QED) is 0.656. The molecule has 0 heterocycles. The minimum absolute atomic E-state index is 0.0216. The van der Waals surface area contributed by atoms with Crippen molar-refractivity contribution < 1.29 is 9.53 Å². The van der Waals surface area contributed by atoms with Crippen LogP contribution in [0, 0.1) is 11.3 Å². The third-order valence-corrected chi connectivity index (χ3v) is 2.85. The molecule has 0 saturated heterocycles. The first-order valence-corrected chi connectivity index (χ1v) is 6.60. The van der Waals surface area contributed by atoms with Gasteiger partial charge in [-0.1, -0.05) is 24.3 Å². The van der Waals surface area contributed by atoms with Crippen LogP contribution in [0.4, 0.5) is 11.4 Å². The first kappa shape index (κ1) is 15.1. The highest BCUT2D eigenvalue weighted by molar-refractivity contribution is 6.06. The van der Waals surface area contributed by atoms with E-state index in [1.54, 1.807) is 37.4 Å². The lowest BCUT2D eigenvalue weighted by molar-refractivity contribution is -0.112. The zero-order chi connectivity index (χ0) is 15.8. The van der Waals surface area contributed by atoms with Crippen molar-refractivity contribution in [2.75, 3.05) is 17.7 Å². The number of carbonyl (C=O) groups excluding carboxylic acids is 1. The van der Waals surface area contributed by atoms with E-state index < -0.39 is 5.91 Å². The summed E-state index contributed by atoms with van der Waals surface area (Å²) in [6, 6.07) is 18.0. The second-order valence-corrected chi connectivity index (χ2v) is 4.37. The Labute approximate surface area is 128 Å². The molecule has 0 bridgehead atoms. The SMILES string of the molecule is COc1cccc(N/C=C(\C#N)C(=O)Nc2ccccc2)c1. The van der Waals surface area contributed by atoms with Gasteiger partial charge in [-0.25, -0.2) is 0 Å². The average Bonchev–Trinajstić information content (AvgIpc) is 2.56. The van der Waals surface area contributed by atoms with E-state index in [-0.39, 0.29) is 5.57 Å². The fraction of sp³-hybridized carbons (Fsp3) is 0.0588. The summed E-state index contributed by atoms with van der Waals surface area (Å²) in [6.45, 7) is 0. The van der Waals surface area contributed by atoms with Gasteiger partial charge in [0.05, 0.1) is 7.11 Å². The Morgan fingerprint density at radius 2 is 1.86 bits per heavy atom. The predicted octanol–water partition coefficient (Wildman–Crippen LogP) is 3.15. The molecule has 0 unspecified atom stereocenters. The number of ether oxygens (including phenoxy) is 1. The third kappa shape index (κ3) is 4.12. The van der Waals surface area contributed by atoms with Crippen LogP contribution in [0.1, 0.15) is 0 Å². The Morgan fingerprint density at radius 1 is 1.14 bits per heavy atom. The minimum Gasteiger partial charge on any atom is -0.497 e. The summed E-state index contributed by atoms with van der Waals surface area (Å²) >= 11 is 0. The Kier molecular flexibility index (Phi) is 5.16. The molecule has 2 rings (SSSR count). The van der Waals surface area contributed by atoms with Crippen LogP contribution in [0.25, 0.3) is 0 Å². The average molecular weight is 293 g/mol. The van der Waals surface area contributed by atoms with Crippen LogP contribution in [0.5, 0.6) is 5.75 Å².